The van der Waals surface area contributed by atoms with Gasteiger partial charge >= 0.3 is 0 Å². The molecular formula is C9H14N2. The summed E-state index contributed by atoms with van der Waals surface area (Å²) in [6, 6.07) is 7.24. The van der Waals surface area contributed by atoms with Gasteiger partial charge in [0.05, 0.1) is 0 Å². The van der Waals surface area contributed by atoms with Crippen molar-refractivity contribution in [3.63, 3.8) is 0 Å². The lowest BCUT2D eigenvalue weighted by molar-refractivity contribution is 1.13. The molecule has 0 aromatic heterocycles. The van der Waals surface area contributed by atoms with Gasteiger partial charge in [0.2, 0.25) is 0 Å². The van der Waals surface area contributed by atoms with Gasteiger partial charge < -0.3 is 10.2 Å². The zero-order chi connectivity index (χ0) is 10.8. The summed E-state index contributed by atoms with van der Waals surface area (Å²) in [5, 5.41) is 2.43. The molecule has 0 atom stereocenters. The van der Waals surface area contributed by atoms with E-state index in [4.69, 9.17) is 4.11 Å². The number of nitrogens with zero attached hydrogens (tertiary/aromatic N) is 1. The van der Waals surface area contributed by atoms with Crippen molar-refractivity contribution in [3.05, 3.63) is 24.3 Å². The van der Waals surface area contributed by atoms with E-state index in [0.29, 0.717) is 5.69 Å². The summed E-state index contributed by atoms with van der Waals surface area (Å²) in [5.41, 5.74) is 1.65. The Kier molecular flexibility index (Phi) is 1.39. The highest BCUT2D eigenvalue weighted by Gasteiger charge is 1.92. The highest BCUT2D eigenvalue weighted by molar-refractivity contribution is 5.53. The first-order valence-electron chi connectivity index (χ1n) is 4.94. The average molecular weight is 153 g/mol. The van der Waals surface area contributed by atoms with Gasteiger partial charge in [-0.1, -0.05) is 0 Å². The predicted molar refractivity (Wildman–Crippen MR) is 50.3 cm³/mol. The van der Waals surface area contributed by atoms with Crippen LogP contribution in [0.2, 0.25) is 0 Å². The second-order valence-corrected chi connectivity index (χ2v) is 2.57. The smallest absolute Gasteiger partial charge is 0.0453 e. The minimum atomic E-state index is -2.13. The van der Waals surface area contributed by atoms with Gasteiger partial charge in [0.15, 0.2) is 0 Å². The summed E-state index contributed by atoms with van der Waals surface area (Å²) in [5.74, 6) is 0. The molecule has 0 bridgehead atoms. The Bertz CT molecular complexity index is 290. The number of rotatable bonds is 2. The molecule has 11 heavy (non-hydrogen) atoms. The summed E-state index contributed by atoms with van der Waals surface area (Å²) in [6.45, 7) is -2.13. The number of anilines is 2. The van der Waals surface area contributed by atoms with Gasteiger partial charge in [-0.15, -0.1) is 0 Å². The Morgan fingerprint density at radius 1 is 1.27 bits per heavy atom. The lowest BCUT2D eigenvalue weighted by Gasteiger charge is -2.12. The second-order valence-electron chi connectivity index (χ2n) is 2.57. The standard InChI is InChI=1S/C9H14N2/c1-10-8-4-6-9(7-5-8)11(2)3/h4-7,10H,1-3H3/i1D3. The topological polar surface area (TPSA) is 15.3 Å². The molecule has 0 saturated carbocycles. The molecule has 0 heterocycles. The molecule has 0 aliphatic carbocycles. The summed E-state index contributed by atoms with van der Waals surface area (Å²) < 4.78 is 21.1. The third-order valence-corrected chi connectivity index (χ3v) is 1.53. The van der Waals surface area contributed by atoms with Crippen molar-refractivity contribution in [3.8, 4) is 0 Å². The molecule has 0 radical (unpaired) electrons. The quantitative estimate of drug-likeness (QED) is 0.697. The normalized spacial score (nSPS) is 14.5. The van der Waals surface area contributed by atoms with Crippen molar-refractivity contribution in [2.75, 3.05) is 31.3 Å². The largest absolute Gasteiger partial charge is 0.388 e. The van der Waals surface area contributed by atoms with Gasteiger partial charge in [-0.3, -0.25) is 0 Å². The molecular weight excluding hydrogens is 136 g/mol. The molecule has 0 fully saturated rings. The van der Waals surface area contributed by atoms with Crippen LogP contribution in [0.3, 0.4) is 0 Å². The lowest BCUT2D eigenvalue weighted by Crippen LogP contribution is -2.08. The van der Waals surface area contributed by atoms with Crippen LogP contribution in [0, 0.1) is 0 Å². The van der Waals surface area contributed by atoms with Gasteiger partial charge in [0.1, 0.15) is 0 Å². The maximum Gasteiger partial charge on any atom is 0.0453 e. The maximum absolute atomic E-state index is 7.02. The first kappa shape index (κ1) is 4.65. The van der Waals surface area contributed by atoms with E-state index in [2.05, 4.69) is 5.32 Å². The number of nitrogens with one attached hydrogen (secondary N) is 1. The van der Waals surface area contributed by atoms with Gasteiger partial charge in [0.25, 0.3) is 0 Å². The monoisotopic (exact) mass is 153 g/mol. The molecule has 1 aromatic rings. The minimum Gasteiger partial charge on any atom is -0.388 e. The zero-order valence-corrected chi connectivity index (χ0v) is 6.76. The van der Waals surface area contributed by atoms with E-state index in [1.807, 2.05) is 31.1 Å². The first-order valence-corrected chi connectivity index (χ1v) is 3.44. The maximum atomic E-state index is 7.02. The Labute approximate surface area is 72.1 Å². The van der Waals surface area contributed by atoms with E-state index in [1.54, 1.807) is 12.1 Å². The average Bonchev–Trinajstić information content (AvgIpc) is 2.02. The van der Waals surface area contributed by atoms with E-state index >= 15 is 0 Å². The third-order valence-electron chi connectivity index (χ3n) is 1.53. The van der Waals surface area contributed by atoms with Gasteiger partial charge in [0, 0.05) is 36.6 Å². The summed E-state index contributed by atoms with van der Waals surface area (Å²) in [6.07, 6.45) is 0. The fourth-order valence-corrected chi connectivity index (χ4v) is 0.843. The van der Waals surface area contributed by atoms with Crippen molar-refractivity contribution < 1.29 is 4.11 Å². The van der Waals surface area contributed by atoms with Crippen molar-refractivity contribution in [1.29, 1.82) is 0 Å². The minimum absolute atomic E-state index is 0.607. The molecule has 1 N–H and O–H groups in total. The molecule has 0 aliphatic heterocycles. The predicted octanol–water partition coefficient (Wildman–Crippen LogP) is 1.79. The van der Waals surface area contributed by atoms with Gasteiger partial charge in [-0.2, -0.15) is 0 Å². The van der Waals surface area contributed by atoms with E-state index < -0.39 is 6.98 Å². The first-order chi connectivity index (χ1) is 6.38. The Balaban J connectivity index is 2.74. The molecule has 0 unspecified atom stereocenters. The lowest BCUT2D eigenvalue weighted by atomic mass is 10.3. The highest BCUT2D eigenvalue weighted by Crippen LogP contribution is 2.14. The molecule has 2 heteroatoms. The van der Waals surface area contributed by atoms with Crippen LogP contribution in [0.15, 0.2) is 24.3 Å². The Morgan fingerprint density at radius 3 is 2.36 bits per heavy atom. The molecule has 0 saturated heterocycles. The molecule has 1 rings (SSSR count). The van der Waals surface area contributed by atoms with Crippen molar-refractivity contribution >= 4 is 11.4 Å². The number of benzene rings is 1. The molecule has 0 aliphatic rings. The van der Waals surface area contributed by atoms with Crippen molar-refractivity contribution in [2.24, 2.45) is 0 Å². The Hall–Kier alpha value is -1.18. The van der Waals surface area contributed by atoms with E-state index in [-0.39, 0.29) is 0 Å². The number of hydrogen-bond donors (Lipinski definition) is 1. The van der Waals surface area contributed by atoms with E-state index in [9.17, 15) is 0 Å². The van der Waals surface area contributed by atoms with Crippen LogP contribution in [0.4, 0.5) is 11.4 Å². The van der Waals surface area contributed by atoms with Crippen LogP contribution in [0.25, 0.3) is 0 Å². The molecule has 0 amide bonds. The summed E-state index contributed by atoms with van der Waals surface area (Å²) in [4.78, 5) is 1.96. The SMILES string of the molecule is [2H]C([2H])([2H])Nc1ccc(N(C)C)cc1. The molecule has 60 valence electrons. The zero-order valence-electron chi connectivity index (χ0n) is 9.76. The Morgan fingerprint density at radius 2 is 1.91 bits per heavy atom. The van der Waals surface area contributed by atoms with E-state index in [1.165, 1.54) is 0 Å². The molecule has 2 nitrogen and oxygen atoms in total. The van der Waals surface area contributed by atoms with Crippen LogP contribution >= 0.6 is 0 Å². The van der Waals surface area contributed by atoms with Crippen molar-refractivity contribution in [1.82, 2.24) is 0 Å². The van der Waals surface area contributed by atoms with Crippen LogP contribution in [0.5, 0.6) is 0 Å². The van der Waals surface area contributed by atoms with Crippen molar-refractivity contribution in [2.45, 2.75) is 0 Å². The summed E-state index contributed by atoms with van der Waals surface area (Å²) >= 11 is 0. The van der Waals surface area contributed by atoms with Crippen LogP contribution in [0.1, 0.15) is 4.11 Å². The van der Waals surface area contributed by atoms with Crippen LogP contribution < -0.4 is 10.2 Å². The fraction of sp³-hybridized carbons (Fsp3) is 0.333. The van der Waals surface area contributed by atoms with Gasteiger partial charge in [-0.25, -0.2) is 0 Å². The number of hydrogen-bond acceptors (Lipinski definition) is 2. The highest BCUT2D eigenvalue weighted by atomic mass is 15.1. The van der Waals surface area contributed by atoms with Gasteiger partial charge in [-0.05, 0) is 24.3 Å². The summed E-state index contributed by atoms with van der Waals surface area (Å²) in [7, 11) is 3.87. The molecule has 0 spiro atoms. The molecule has 1 aromatic carbocycles. The fourth-order valence-electron chi connectivity index (χ4n) is 0.843. The van der Waals surface area contributed by atoms with E-state index in [0.717, 1.165) is 5.69 Å². The third kappa shape index (κ3) is 1.87. The van der Waals surface area contributed by atoms with Crippen LogP contribution in [-0.2, 0) is 0 Å². The second kappa shape index (κ2) is 3.28. The van der Waals surface area contributed by atoms with Crippen LogP contribution in [-0.4, -0.2) is 21.1 Å².